The summed E-state index contributed by atoms with van der Waals surface area (Å²) in [6, 6.07) is 5.72. The zero-order chi connectivity index (χ0) is 25.4. The van der Waals surface area contributed by atoms with E-state index >= 15 is 0 Å². The summed E-state index contributed by atoms with van der Waals surface area (Å²) in [4.78, 5) is 25.9. The Labute approximate surface area is 207 Å². The molecule has 1 aliphatic rings. The van der Waals surface area contributed by atoms with Gasteiger partial charge in [0.2, 0.25) is 5.82 Å². The van der Waals surface area contributed by atoms with Crippen molar-refractivity contribution >= 4 is 39.9 Å². The topological polar surface area (TPSA) is 59.0 Å². The number of nitrogens with zero attached hydrogens (tertiary/aromatic N) is 4. The van der Waals surface area contributed by atoms with Gasteiger partial charge < -0.3 is 0 Å². The molecule has 35 heavy (non-hydrogen) atoms. The van der Waals surface area contributed by atoms with Crippen LogP contribution in [0.5, 0.6) is 0 Å². The van der Waals surface area contributed by atoms with Crippen LogP contribution in [0.3, 0.4) is 0 Å². The molecule has 1 atom stereocenters. The molecule has 0 spiro atoms. The van der Waals surface area contributed by atoms with Gasteiger partial charge in [-0.3, -0.25) is 9.69 Å². The van der Waals surface area contributed by atoms with Crippen molar-refractivity contribution in [1.29, 1.82) is 0 Å². The second-order valence-corrected chi connectivity index (χ2v) is 9.12. The number of hydrogen-bond donors (Lipinski definition) is 0. The first kappa shape index (κ1) is 25.7. The van der Waals surface area contributed by atoms with Crippen molar-refractivity contribution in [2.45, 2.75) is 43.8 Å². The third-order valence-electron chi connectivity index (χ3n) is 5.99. The number of aromatic nitrogens is 3. The van der Waals surface area contributed by atoms with Gasteiger partial charge in [0, 0.05) is 67.3 Å². The second kappa shape index (κ2) is 9.91. The van der Waals surface area contributed by atoms with E-state index in [0.717, 1.165) is 12.4 Å². The third-order valence-corrected chi connectivity index (χ3v) is 6.52. The number of alkyl halides is 5. The van der Waals surface area contributed by atoms with Gasteiger partial charge in [0.05, 0.1) is 10.5 Å². The number of fused-ring (bicyclic) bond motifs is 1. The fraction of sp³-hybridized carbons (Fsp3) is 0.391. The van der Waals surface area contributed by atoms with Crippen LogP contribution in [0, 0.1) is 0 Å². The summed E-state index contributed by atoms with van der Waals surface area (Å²) in [5, 5.41) is 0.986. The number of piperidine rings is 1. The number of carbonyl (C=O) groups excluding carboxylic acids is 1. The Kier molecular flexibility index (Phi) is 7.26. The molecule has 3 heterocycles. The fourth-order valence-electron chi connectivity index (χ4n) is 4.21. The van der Waals surface area contributed by atoms with E-state index in [0.29, 0.717) is 16.5 Å². The Morgan fingerprint density at radius 1 is 1.06 bits per heavy atom. The molecule has 4 rings (SSSR count). The highest BCUT2D eigenvalue weighted by Crippen LogP contribution is 2.36. The number of rotatable bonds is 6. The average molecular weight is 533 g/mol. The lowest BCUT2D eigenvalue weighted by Crippen LogP contribution is -2.41. The molecule has 0 radical (unpaired) electrons. The van der Waals surface area contributed by atoms with Crippen LogP contribution in [-0.4, -0.2) is 44.6 Å². The van der Waals surface area contributed by atoms with Gasteiger partial charge in [-0.25, -0.2) is 23.7 Å². The van der Waals surface area contributed by atoms with Crippen LogP contribution in [0.2, 0.25) is 10.2 Å². The van der Waals surface area contributed by atoms with Crippen molar-refractivity contribution in [3.05, 3.63) is 63.8 Å². The predicted molar refractivity (Wildman–Crippen MR) is 121 cm³/mol. The van der Waals surface area contributed by atoms with Crippen LogP contribution in [0.25, 0.3) is 10.9 Å². The average Bonchev–Trinajstić information content (AvgIpc) is 2.79. The van der Waals surface area contributed by atoms with Gasteiger partial charge in [-0.2, -0.15) is 13.2 Å². The number of ketones is 1. The quantitative estimate of drug-likeness (QED) is 0.199. The molecule has 0 N–H and O–H groups in total. The van der Waals surface area contributed by atoms with Gasteiger partial charge in [-0.1, -0.05) is 23.2 Å². The van der Waals surface area contributed by atoms with E-state index in [9.17, 15) is 26.7 Å². The molecule has 5 nitrogen and oxygen atoms in total. The van der Waals surface area contributed by atoms with E-state index in [1.54, 1.807) is 17.0 Å². The normalized spacial score (nSPS) is 17.5. The molecule has 0 aliphatic carbocycles. The molecular weight excluding hydrogens is 514 g/mol. The predicted octanol–water partition coefficient (Wildman–Crippen LogP) is 6.79. The van der Waals surface area contributed by atoms with Gasteiger partial charge in [0.25, 0.3) is 5.92 Å². The maximum atomic E-state index is 13.7. The van der Waals surface area contributed by atoms with Gasteiger partial charge in [-0.05, 0) is 30.7 Å². The molecular formula is C23H19Cl2F5N4O. The summed E-state index contributed by atoms with van der Waals surface area (Å²) in [5.74, 6) is -4.42. The lowest BCUT2D eigenvalue weighted by Gasteiger charge is -2.37. The van der Waals surface area contributed by atoms with Crippen molar-refractivity contribution in [2.24, 2.45) is 0 Å². The second-order valence-electron chi connectivity index (χ2n) is 8.33. The first-order valence-corrected chi connectivity index (χ1v) is 11.5. The highest BCUT2D eigenvalue weighted by molar-refractivity contribution is 6.36. The minimum atomic E-state index is -4.71. The number of halogens is 7. The zero-order valence-corrected chi connectivity index (χ0v) is 19.6. The van der Waals surface area contributed by atoms with Crippen LogP contribution in [0.4, 0.5) is 22.0 Å². The van der Waals surface area contributed by atoms with Crippen LogP contribution in [-0.2, 0) is 6.18 Å². The van der Waals surface area contributed by atoms with Crippen LogP contribution in [0.15, 0.2) is 36.7 Å². The van der Waals surface area contributed by atoms with E-state index in [1.165, 1.54) is 12.1 Å². The minimum Gasteiger partial charge on any atom is -0.296 e. The summed E-state index contributed by atoms with van der Waals surface area (Å²) >= 11 is 12.2. The maximum Gasteiger partial charge on any atom is 0.451 e. The summed E-state index contributed by atoms with van der Waals surface area (Å²) in [7, 11) is 0. The minimum absolute atomic E-state index is 0.0182. The molecule has 1 saturated heterocycles. The SMILES string of the molecule is O=C(CCC(c1cnc(C(F)(F)F)nc1)N1CCC(F)(F)CC1)c1c(Cl)ccc2nc(Cl)ccc12. The molecule has 3 aromatic rings. The monoisotopic (exact) mass is 532 g/mol. The highest BCUT2D eigenvalue weighted by atomic mass is 35.5. The number of benzene rings is 1. The summed E-state index contributed by atoms with van der Waals surface area (Å²) in [6.07, 6.45) is -3.31. The molecule has 0 bridgehead atoms. The molecule has 0 saturated carbocycles. The number of likely N-dealkylation sites (tertiary alicyclic amines) is 1. The molecule has 12 heteroatoms. The lowest BCUT2D eigenvalue weighted by atomic mass is 9.94. The van der Waals surface area contributed by atoms with E-state index in [1.807, 2.05) is 0 Å². The largest absolute Gasteiger partial charge is 0.451 e. The lowest BCUT2D eigenvalue weighted by molar-refractivity contribution is -0.145. The molecule has 186 valence electrons. The van der Waals surface area contributed by atoms with Crippen LogP contribution in [0.1, 0.15) is 53.5 Å². The van der Waals surface area contributed by atoms with Crippen LogP contribution >= 0.6 is 23.2 Å². The fourth-order valence-corrected chi connectivity index (χ4v) is 4.63. The molecule has 1 fully saturated rings. The number of pyridine rings is 1. The standard InChI is InChI=1S/C23H19Cl2F5N4O/c24-15-2-3-16-14(1-6-19(25)33-16)20(15)18(35)5-4-17(34-9-7-22(26,27)8-10-34)13-11-31-21(32-12-13)23(28,29)30/h1-3,6,11-12,17H,4-5,7-10H2. The van der Waals surface area contributed by atoms with E-state index in [4.69, 9.17) is 23.2 Å². The van der Waals surface area contributed by atoms with Crippen LogP contribution < -0.4 is 0 Å². The molecule has 1 aliphatic heterocycles. The third kappa shape index (κ3) is 5.87. The Balaban J connectivity index is 1.60. The van der Waals surface area contributed by atoms with Gasteiger partial charge >= 0.3 is 6.18 Å². The highest BCUT2D eigenvalue weighted by Gasteiger charge is 2.38. The maximum absolute atomic E-state index is 13.7. The Morgan fingerprint density at radius 3 is 2.34 bits per heavy atom. The first-order chi connectivity index (χ1) is 16.4. The summed E-state index contributed by atoms with van der Waals surface area (Å²) in [5.41, 5.74) is 1.05. The van der Waals surface area contributed by atoms with E-state index < -0.39 is 24.0 Å². The van der Waals surface area contributed by atoms with E-state index in [-0.39, 0.29) is 60.3 Å². The molecule has 1 aromatic carbocycles. The molecule has 2 aromatic heterocycles. The number of hydrogen-bond acceptors (Lipinski definition) is 5. The van der Waals surface area contributed by atoms with Gasteiger partial charge in [0.1, 0.15) is 5.15 Å². The molecule has 0 amide bonds. The summed E-state index contributed by atoms with van der Waals surface area (Å²) in [6.45, 7) is 0.0364. The van der Waals surface area contributed by atoms with Crippen molar-refractivity contribution in [2.75, 3.05) is 13.1 Å². The van der Waals surface area contributed by atoms with Gasteiger partial charge in [-0.15, -0.1) is 0 Å². The number of carbonyl (C=O) groups is 1. The summed E-state index contributed by atoms with van der Waals surface area (Å²) < 4.78 is 66.2. The zero-order valence-electron chi connectivity index (χ0n) is 18.1. The van der Waals surface area contributed by atoms with Gasteiger partial charge in [0.15, 0.2) is 5.78 Å². The smallest absolute Gasteiger partial charge is 0.296 e. The van der Waals surface area contributed by atoms with Crippen molar-refractivity contribution < 1.29 is 26.7 Å². The van der Waals surface area contributed by atoms with Crippen molar-refractivity contribution in [3.8, 4) is 0 Å². The Hall–Kier alpha value is -2.43. The molecule has 1 unspecified atom stereocenters. The van der Waals surface area contributed by atoms with Crippen molar-refractivity contribution in [1.82, 2.24) is 19.9 Å². The first-order valence-electron chi connectivity index (χ1n) is 10.7. The Bertz CT molecular complexity index is 1230. The van der Waals surface area contributed by atoms with Crippen molar-refractivity contribution in [3.63, 3.8) is 0 Å². The van der Waals surface area contributed by atoms with E-state index in [2.05, 4.69) is 15.0 Å². The number of Topliss-reactive ketones (excluding diaryl/α,β-unsaturated/α-hetero) is 1. The Morgan fingerprint density at radius 2 is 1.71 bits per heavy atom.